The van der Waals surface area contributed by atoms with Crippen LogP contribution in [-0.4, -0.2) is 36.3 Å². The zero-order valence-corrected chi connectivity index (χ0v) is 17.9. The van der Waals surface area contributed by atoms with Crippen LogP contribution in [0.25, 0.3) is 0 Å². The number of rotatable bonds is 1. The van der Waals surface area contributed by atoms with Crippen molar-refractivity contribution < 1.29 is 9.59 Å². The summed E-state index contributed by atoms with van der Waals surface area (Å²) in [5.41, 5.74) is 3.17. The molecular weight excluding hydrogens is 392 g/mol. The Morgan fingerprint density at radius 3 is 2.38 bits per heavy atom. The zero-order valence-electron chi connectivity index (χ0n) is 16.3. The van der Waals surface area contributed by atoms with Crippen LogP contribution >= 0.6 is 15.9 Å². The molecule has 2 heterocycles. The van der Waals surface area contributed by atoms with Gasteiger partial charge in [-0.25, -0.2) is 0 Å². The summed E-state index contributed by atoms with van der Waals surface area (Å²) in [7, 11) is 0. The van der Waals surface area contributed by atoms with Gasteiger partial charge in [-0.2, -0.15) is 0 Å². The maximum Gasteiger partial charge on any atom is 0.230 e. The van der Waals surface area contributed by atoms with Crippen LogP contribution in [0.15, 0.2) is 16.6 Å². The Labute approximate surface area is 165 Å². The number of anilines is 1. The molecule has 1 fully saturated rings. The number of hydrogen-bond donors (Lipinski definition) is 0. The molecule has 142 valence electrons. The fourth-order valence-corrected chi connectivity index (χ4v) is 4.79. The topological polar surface area (TPSA) is 40.6 Å². The third kappa shape index (κ3) is 3.83. The van der Waals surface area contributed by atoms with Crippen LogP contribution in [0.1, 0.15) is 51.2 Å². The summed E-state index contributed by atoms with van der Waals surface area (Å²) >= 11 is 3.57. The molecule has 4 nitrogen and oxygen atoms in total. The quantitative estimate of drug-likeness (QED) is 0.678. The molecule has 2 aliphatic rings. The number of nitrogens with zero attached hydrogens (tertiary/aromatic N) is 2. The van der Waals surface area contributed by atoms with Gasteiger partial charge in [0.2, 0.25) is 11.8 Å². The third-order valence-electron chi connectivity index (χ3n) is 5.48. The van der Waals surface area contributed by atoms with Gasteiger partial charge < -0.3 is 9.80 Å². The molecule has 1 aromatic rings. The van der Waals surface area contributed by atoms with Gasteiger partial charge in [0.25, 0.3) is 0 Å². The Morgan fingerprint density at radius 2 is 1.77 bits per heavy atom. The Bertz CT molecular complexity index is 715. The molecule has 0 aromatic heterocycles. The number of hydrogen-bond acceptors (Lipinski definition) is 2. The second-order valence-electron chi connectivity index (χ2n) is 8.64. The first-order valence-corrected chi connectivity index (χ1v) is 10.4. The van der Waals surface area contributed by atoms with E-state index in [9.17, 15) is 9.59 Å². The number of benzene rings is 1. The molecule has 0 atom stereocenters. The van der Waals surface area contributed by atoms with E-state index in [1.807, 2.05) is 30.6 Å². The van der Waals surface area contributed by atoms with E-state index in [0.29, 0.717) is 13.1 Å². The lowest BCUT2D eigenvalue weighted by molar-refractivity contribution is -0.142. The summed E-state index contributed by atoms with van der Waals surface area (Å²) < 4.78 is 1.08. The van der Waals surface area contributed by atoms with Crippen molar-refractivity contribution in [2.75, 3.05) is 24.5 Å². The number of likely N-dealkylation sites (tertiary alicyclic amines) is 1. The van der Waals surface area contributed by atoms with Crippen molar-refractivity contribution in [3.05, 3.63) is 27.7 Å². The SMILES string of the molecule is Cc1cc(Br)cc2c1N(C(=O)C1CCN(C(=O)C(C)(C)C)CC1)CCC2. The number of fused-ring (bicyclic) bond motifs is 1. The molecule has 0 bridgehead atoms. The average molecular weight is 421 g/mol. The molecule has 0 spiro atoms. The van der Waals surface area contributed by atoms with E-state index >= 15 is 0 Å². The highest BCUT2D eigenvalue weighted by Gasteiger charge is 2.35. The van der Waals surface area contributed by atoms with Gasteiger partial charge in [0.05, 0.1) is 0 Å². The van der Waals surface area contributed by atoms with Crippen LogP contribution in [0.4, 0.5) is 5.69 Å². The molecule has 1 aromatic carbocycles. The normalized spacial score (nSPS) is 18.7. The summed E-state index contributed by atoms with van der Waals surface area (Å²) in [6.45, 7) is 10.1. The largest absolute Gasteiger partial charge is 0.342 e. The second kappa shape index (κ2) is 7.34. The minimum atomic E-state index is -0.354. The lowest BCUT2D eigenvalue weighted by Crippen LogP contribution is -2.48. The summed E-state index contributed by atoms with van der Waals surface area (Å²) in [5.74, 6) is 0.444. The van der Waals surface area contributed by atoms with Gasteiger partial charge in [-0.15, -0.1) is 0 Å². The summed E-state index contributed by atoms with van der Waals surface area (Å²) in [5, 5.41) is 0. The number of carbonyl (C=O) groups is 2. The van der Waals surface area contributed by atoms with Crippen LogP contribution in [0.3, 0.4) is 0 Å². The third-order valence-corrected chi connectivity index (χ3v) is 5.94. The predicted octanol–water partition coefficient (Wildman–Crippen LogP) is 4.32. The Hall–Kier alpha value is -1.36. The van der Waals surface area contributed by atoms with E-state index in [0.717, 1.165) is 48.0 Å². The van der Waals surface area contributed by atoms with Crippen LogP contribution in [0.2, 0.25) is 0 Å². The summed E-state index contributed by atoms with van der Waals surface area (Å²) in [6.07, 6.45) is 3.57. The summed E-state index contributed by atoms with van der Waals surface area (Å²) in [6, 6.07) is 4.24. The molecular formula is C21H29BrN2O2. The smallest absolute Gasteiger partial charge is 0.230 e. The van der Waals surface area contributed by atoms with Crippen LogP contribution in [0.5, 0.6) is 0 Å². The lowest BCUT2D eigenvalue weighted by atomic mass is 9.89. The molecule has 0 aliphatic carbocycles. The highest BCUT2D eigenvalue weighted by Crippen LogP contribution is 2.35. The van der Waals surface area contributed by atoms with Gasteiger partial charge in [-0.3, -0.25) is 9.59 Å². The van der Waals surface area contributed by atoms with Crippen LogP contribution in [-0.2, 0) is 16.0 Å². The minimum Gasteiger partial charge on any atom is -0.342 e. The molecule has 2 aliphatic heterocycles. The molecule has 0 radical (unpaired) electrons. The lowest BCUT2D eigenvalue weighted by Gasteiger charge is -2.38. The zero-order chi connectivity index (χ0) is 19.1. The fraction of sp³-hybridized carbons (Fsp3) is 0.619. The van der Waals surface area contributed by atoms with Crippen LogP contribution < -0.4 is 4.90 Å². The van der Waals surface area contributed by atoms with Gasteiger partial charge in [-0.05, 0) is 55.9 Å². The van der Waals surface area contributed by atoms with Gasteiger partial charge in [0.15, 0.2) is 0 Å². The maximum atomic E-state index is 13.2. The molecule has 5 heteroatoms. The van der Waals surface area contributed by atoms with Gasteiger partial charge in [0.1, 0.15) is 0 Å². The van der Waals surface area contributed by atoms with E-state index in [-0.39, 0.29) is 23.1 Å². The number of amides is 2. The Balaban J connectivity index is 1.72. The standard InChI is InChI=1S/C21H29BrN2O2/c1-14-12-17(22)13-16-6-5-9-24(18(14)16)19(25)15-7-10-23(11-8-15)20(26)21(2,3)4/h12-13,15H,5-11H2,1-4H3. The molecule has 26 heavy (non-hydrogen) atoms. The highest BCUT2D eigenvalue weighted by atomic mass is 79.9. The van der Waals surface area contributed by atoms with Crippen molar-refractivity contribution >= 4 is 33.4 Å². The first-order valence-electron chi connectivity index (χ1n) is 9.58. The predicted molar refractivity (Wildman–Crippen MR) is 108 cm³/mol. The van der Waals surface area contributed by atoms with Gasteiger partial charge in [0, 0.05) is 41.1 Å². The van der Waals surface area contributed by atoms with E-state index in [1.54, 1.807) is 0 Å². The second-order valence-corrected chi connectivity index (χ2v) is 9.56. The number of carbonyl (C=O) groups excluding carboxylic acids is 2. The van der Waals surface area contributed by atoms with E-state index in [2.05, 4.69) is 35.0 Å². The van der Waals surface area contributed by atoms with E-state index in [4.69, 9.17) is 0 Å². The van der Waals surface area contributed by atoms with Crippen molar-refractivity contribution in [3.8, 4) is 0 Å². The molecule has 0 N–H and O–H groups in total. The number of aryl methyl sites for hydroxylation is 2. The number of halogens is 1. The molecule has 0 saturated carbocycles. The van der Waals surface area contributed by atoms with Gasteiger partial charge in [-0.1, -0.05) is 36.7 Å². The monoisotopic (exact) mass is 420 g/mol. The van der Waals surface area contributed by atoms with Crippen molar-refractivity contribution in [2.45, 2.75) is 53.4 Å². The van der Waals surface area contributed by atoms with Crippen molar-refractivity contribution in [1.82, 2.24) is 4.90 Å². The van der Waals surface area contributed by atoms with Crippen molar-refractivity contribution in [3.63, 3.8) is 0 Å². The van der Waals surface area contributed by atoms with Crippen LogP contribution in [0, 0.1) is 18.3 Å². The van der Waals surface area contributed by atoms with Crippen molar-refractivity contribution in [2.24, 2.45) is 11.3 Å². The van der Waals surface area contributed by atoms with Crippen molar-refractivity contribution in [1.29, 1.82) is 0 Å². The minimum absolute atomic E-state index is 0.0213. The molecule has 2 amide bonds. The van der Waals surface area contributed by atoms with Gasteiger partial charge >= 0.3 is 0 Å². The first kappa shape index (κ1) is 19.4. The maximum absolute atomic E-state index is 13.2. The Kier molecular flexibility index (Phi) is 5.48. The molecule has 1 saturated heterocycles. The summed E-state index contributed by atoms with van der Waals surface area (Å²) in [4.78, 5) is 29.6. The Morgan fingerprint density at radius 1 is 1.12 bits per heavy atom. The number of piperidine rings is 1. The molecule has 3 rings (SSSR count). The van der Waals surface area contributed by atoms with E-state index in [1.165, 1.54) is 5.56 Å². The highest BCUT2D eigenvalue weighted by molar-refractivity contribution is 9.10. The fourth-order valence-electron chi connectivity index (χ4n) is 4.17. The first-order chi connectivity index (χ1) is 12.2. The van der Waals surface area contributed by atoms with E-state index < -0.39 is 0 Å². The average Bonchev–Trinajstić information content (AvgIpc) is 2.59. The molecule has 0 unspecified atom stereocenters.